The fourth-order valence-electron chi connectivity index (χ4n) is 2.49. The number of carbonyl (C=O) groups is 2. The molecule has 4 nitrogen and oxygen atoms in total. The van der Waals surface area contributed by atoms with Gasteiger partial charge in [-0.05, 0) is 53.3 Å². The van der Waals surface area contributed by atoms with Gasteiger partial charge in [0.05, 0.1) is 12.7 Å². The van der Waals surface area contributed by atoms with Gasteiger partial charge < -0.3 is 10.1 Å². The fourth-order valence-corrected chi connectivity index (χ4v) is 2.49. The van der Waals surface area contributed by atoms with E-state index in [0.29, 0.717) is 11.3 Å². The normalized spacial score (nSPS) is 11.4. The van der Waals surface area contributed by atoms with Crippen LogP contribution in [0, 0.1) is 6.92 Å². The first-order valence-corrected chi connectivity index (χ1v) is 8.49. The molecule has 0 aliphatic carbocycles. The van der Waals surface area contributed by atoms with Crippen molar-refractivity contribution in [1.82, 2.24) is 0 Å². The zero-order valence-corrected chi connectivity index (χ0v) is 15.9. The number of amides is 1. The van der Waals surface area contributed by atoms with Gasteiger partial charge in [0.25, 0.3) is 0 Å². The maximum atomic E-state index is 12.1. The highest BCUT2D eigenvalue weighted by Crippen LogP contribution is 2.22. The number of methoxy groups -OCH3 is 1. The average molecular weight is 351 g/mol. The Kier molecular flexibility index (Phi) is 5.98. The van der Waals surface area contributed by atoms with Gasteiger partial charge in [-0.3, -0.25) is 4.79 Å². The molecule has 0 saturated heterocycles. The first kappa shape index (κ1) is 19.4. The van der Waals surface area contributed by atoms with E-state index in [9.17, 15) is 9.59 Å². The fraction of sp³-hybridized carbons (Fsp3) is 0.273. The molecule has 0 bridgehead atoms. The molecule has 0 aromatic heterocycles. The maximum absolute atomic E-state index is 12.1. The topological polar surface area (TPSA) is 55.4 Å². The Morgan fingerprint density at radius 2 is 1.69 bits per heavy atom. The van der Waals surface area contributed by atoms with Gasteiger partial charge in [-0.15, -0.1) is 0 Å². The largest absolute Gasteiger partial charge is 0.465 e. The van der Waals surface area contributed by atoms with Gasteiger partial charge in [0.1, 0.15) is 0 Å². The summed E-state index contributed by atoms with van der Waals surface area (Å²) in [5, 5.41) is 2.82. The highest BCUT2D eigenvalue weighted by molar-refractivity contribution is 6.02. The third-order valence-corrected chi connectivity index (χ3v) is 4.11. The minimum atomic E-state index is -0.399. The van der Waals surface area contributed by atoms with Gasteiger partial charge in [0.2, 0.25) is 5.91 Å². The number of anilines is 1. The molecule has 1 amide bonds. The van der Waals surface area contributed by atoms with E-state index in [0.717, 1.165) is 11.1 Å². The molecule has 0 aliphatic heterocycles. The van der Waals surface area contributed by atoms with Crippen molar-refractivity contribution in [2.75, 3.05) is 12.4 Å². The van der Waals surface area contributed by atoms with Crippen molar-refractivity contribution in [3.63, 3.8) is 0 Å². The summed E-state index contributed by atoms with van der Waals surface area (Å²) in [6.07, 6.45) is 3.28. The van der Waals surface area contributed by atoms with Crippen LogP contribution in [0.2, 0.25) is 0 Å². The Balaban J connectivity index is 2.04. The second-order valence-electron chi connectivity index (χ2n) is 7.22. The van der Waals surface area contributed by atoms with Gasteiger partial charge in [-0.1, -0.05) is 45.0 Å². The van der Waals surface area contributed by atoms with E-state index in [1.54, 1.807) is 24.3 Å². The summed E-state index contributed by atoms with van der Waals surface area (Å²) in [5.74, 6) is -0.622. The Bertz CT molecular complexity index is 827. The number of esters is 1. The molecule has 2 aromatic rings. The number of benzene rings is 2. The predicted molar refractivity (Wildman–Crippen MR) is 105 cm³/mol. The Morgan fingerprint density at radius 3 is 2.23 bits per heavy atom. The quantitative estimate of drug-likeness (QED) is 0.640. The van der Waals surface area contributed by atoms with E-state index in [4.69, 9.17) is 4.74 Å². The monoisotopic (exact) mass is 351 g/mol. The molecule has 0 radical (unpaired) electrons. The van der Waals surface area contributed by atoms with E-state index in [-0.39, 0.29) is 11.3 Å². The average Bonchev–Trinajstić information content (AvgIpc) is 2.60. The Hall–Kier alpha value is -2.88. The lowest BCUT2D eigenvalue weighted by atomic mass is 9.87. The molecule has 0 aliphatic rings. The summed E-state index contributed by atoms with van der Waals surface area (Å²) in [5.41, 5.74) is 4.23. The van der Waals surface area contributed by atoms with E-state index in [1.165, 1.54) is 18.7 Å². The van der Waals surface area contributed by atoms with Crippen molar-refractivity contribution in [3.05, 3.63) is 70.8 Å². The summed E-state index contributed by atoms with van der Waals surface area (Å²) in [4.78, 5) is 23.7. The van der Waals surface area contributed by atoms with Gasteiger partial charge in [0.15, 0.2) is 0 Å². The molecule has 0 unspecified atom stereocenters. The van der Waals surface area contributed by atoms with Crippen molar-refractivity contribution in [1.29, 1.82) is 0 Å². The first-order valence-electron chi connectivity index (χ1n) is 8.49. The lowest BCUT2D eigenvalue weighted by Crippen LogP contribution is -2.10. The maximum Gasteiger partial charge on any atom is 0.337 e. The highest BCUT2D eigenvalue weighted by Gasteiger charge is 2.12. The molecule has 0 spiro atoms. The number of aryl methyl sites for hydroxylation is 1. The van der Waals surface area contributed by atoms with Crippen LogP contribution in [-0.2, 0) is 14.9 Å². The van der Waals surface area contributed by atoms with E-state index < -0.39 is 5.97 Å². The van der Waals surface area contributed by atoms with Crippen LogP contribution in [0.4, 0.5) is 5.69 Å². The lowest BCUT2D eigenvalue weighted by Gasteiger charge is -2.18. The summed E-state index contributed by atoms with van der Waals surface area (Å²) in [7, 11) is 1.34. The summed E-state index contributed by atoms with van der Waals surface area (Å²) >= 11 is 0. The molecular weight excluding hydrogens is 326 g/mol. The molecular formula is C22H25NO3. The smallest absolute Gasteiger partial charge is 0.337 e. The molecule has 0 atom stereocenters. The Morgan fingerprint density at radius 1 is 1.04 bits per heavy atom. The zero-order chi connectivity index (χ0) is 19.3. The molecule has 26 heavy (non-hydrogen) atoms. The van der Waals surface area contributed by atoms with Gasteiger partial charge in [0, 0.05) is 11.8 Å². The van der Waals surface area contributed by atoms with Crippen LogP contribution in [0.3, 0.4) is 0 Å². The van der Waals surface area contributed by atoms with Crippen LogP contribution >= 0.6 is 0 Å². The predicted octanol–water partition coefficient (Wildman–Crippen LogP) is 4.73. The van der Waals surface area contributed by atoms with Crippen molar-refractivity contribution >= 4 is 23.6 Å². The van der Waals surface area contributed by atoms with E-state index in [1.807, 2.05) is 19.1 Å². The van der Waals surface area contributed by atoms with Crippen molar-refractivity contribution in [3.8, 4) is 0 Å². The number of carbonyl (C=O) groups excluding carboxylic acids is 2. The van der Waals surface area contributed by atoms with Crippen LogP contribution in [-0.4, -0.2) is 19.0 Å². The van der Waals surface area contributed by atoms with Gasteiger partial charge in [-0.25, -0.2) is 4.79 Å². The zero-order valence-electron chi connectivity index (χ0n) is 15.9. The second-order valence-corrected chi connectivity index (χ2v) is 7.22. The minimum absolute atomic E-state index is 0.105. The van der Waals surface area contributed by atoms with Crippen molar-refractivity contribution in [2.24, 2.45) is 0 Å². The molecule has 2 rings (SSSR count). The number of ether oxygens (including phenoxy) is 1. The van der Waals surface area contributed by atoms with Crippen molar-refractivity contribution in [2.45, 2.75) is 33.1 Å². The SMILES string of the molecule is COC(=O)c1ccc(NC(=O)/C=C/c2ccc(C(C)(C)C)cc2)c(C)c1. The molecule has 0 saturated carbocycles. The first-order chi connectivity index (χ1) is 12.2. The van der Waals surface area contributed by atoms with Crippen LogP contribution in [0.15, 0.2) is 48.5 Å². The molecule has 2 aromatic carbocycles. The number of hydrogen-bond donors (Lipinski definition) is 1. The standard InChI is InChI=1S/C22H25NO3/c1-15-14-17(21(25)26-5)9-12-19(15)23-20(24)13-8-16-6-10-18(11-7-16)22(2,3)4/h6-14H,1-5H3,(H,23,24)/b13-8+. The third-order valence-electron chi connectivity index (χ3n) is 4.11. The third kappa shape index (κ3) is 5.06. The Labute approximate surface area is 154 Å². The number of nitrogens with one attached hydrogen (secondary N) is 1. The number of rotatable bonds is 4. The second kappa shape index (κ2) is 8.00. The molecule has 136 valence electrons. The van der Waals surface area contributed by atoms with Gasteiger partial charge in [-0.2, -0.15) is 0 Å². The van der Waals surface area contributed by atoms with E-state index >= 15 is 0 Å². The summed E-state index contributed by atoms with van der Waals surface area (Å²) < 4.78 is 4.69. The van der Waals surface area contributed by atoms with Crippen LogP contribution < -0.4 is 5.32 Å². The lowest BCUT2D eigenvalue weighted by molar-refractivity contribution is -0.111. The van der Waals surface area contributed by atoms with E-state index in [2.05, 4.69) is 38.2 Å². The molecule has 0 heterocycles. The van der Waals surface area contributed by atoms with Crippen LogP contribution in [0.1, 0.15) is 47.8 Å². The summed E-state index contributed by atoms with van der Waals surface area (Å²) in [6.45, 7) is 8.33. The van der Waals surface area contributed by atoms with Crippen LogP contribution in [0.5, 0.6) is 0 Å². The molecule has 4 heteroatoms. The highest BCUT2D eigenvalue weighted by atomic mass is 16.5. The minimum Gasteiger partial charge on any atom is -0.465 e. The number of hydrogen-bond acceptors (Lipinski definition) is 3. The summed E-state index contributed by atoms with van der Waals surface area (Å²) in [6, 6.07) is 13.2. The molecule has 0 fully saturated rings. The van der Waals surface area contributed by atoms with Crippen LogP contribution in [0.25, 0.3) is 6.08 Å². The molecule has 1 N–H and O–H groups in total. The van der Waals surface area contributed by atoms with Crippen molar-refractivity contribution < 1.29 is 14.3 Å². The van der Waals surface area contributed by atoms with Gasteiger partial charge >= 0.3 is 5.97 Å².